The van der Waals surface area contributed by atoms with Crippen LogP contribution in [-0.4, -0.2) is 38.0 Å². The maximum absolute atomic E-state index is 12.7. The summed E-state index contributed by atoms with van der Waals surface area (Å²) in [5, 5.41) is 0.290. The van der Waals surface area contributed by atoms with E-state index in [1.54, 1.807) is 0 Å². The van der Waals surface area contributed by atoms with Crippen molar-refractivity contribution in [3.8, 4) is 0 Å². The van der Waals surface area contributed by atoms with E-state index in [0.29, 0.717) is 28.3 Å². The SMILES string of the molecule is CC1CN(S(=O)(=O)c2cc(Cl)cc(N)c2Br)CC(C)O1. The van der Waals surface area contributed by atoms with Gasteiger partial charge < -0.3 is 10.5 Å². The Labute approximate surface area is 132 Å². The topological polar surface area (TPSA) is 72.6 Å². The lowest BCUT2D eigenvalue weighted by atomic mass is 10.3. The minimum Gasteiger partial charge on any atom is -0.398 e. The predicted molar refractivity (Wildman–Crippen MR) is 82.3 cm³/mol. The molecule has 1 aliphatic rings. The second kappa shape index (κ2) is 5.81. The third-order valence-corrected chi connectivity index (χ3v) is 6.26. The molecule has 0 aromatic heterocycles. The zero-order valence-corrected chi connectivity index (χ0v) is 14.3. The number of morpholine rings is 1. The van der Waals surface area contributed by atoms with E-state index in [0.717, 1.165) is 0 Å². The molecule has 0 radical (unpaired) electrons. The van der Waals surface area contributed by atoms with Gasteiger partial charge in [0.05, 0.1) is 21.6 Å². The van der Waals surface area contributed by atoms with Crippen molar-refractivity contribution in [1.82, 2.24) is 4.31 Å². The molecule has 2 rings (SSSR count). The van der Waals surface area contributed by atoms with Crippen LogP contribution >= 0.6 is 27.5 Å². The number of nitrogens with zero attached hydrogens (tertiary/aromatic N) is 1. The Balaban J connectivity index is 2.45. The molecule has 2 N–H and O–H groups in total. The van der Waals surface area contributed by atoms with Crippen molar-refractivity contribution in [2.24, 2.45) is 0 Å². The molecule has 0 aliphatic carbocycles. The predicted octanol–water partition coefficient (Wildman–Crippen LogP) is 2.48. The van der Waals surface area contributed by atoms with Crippen LogP contribution in [0, 0.1) is 0 Å². The highest BCUT2D eigenvalue weighted by molar-refractivity contribution is 9.10. The van der Waals surface area contributed by atoms with E-state index in [2.05, 4.69) is 15.9 Å². The van der Waals surface area contributed by atoms with Crippen LogP contribution in [0.25, 0.3) is 0 Å². The Morgan fingerprint density at radius 3 is 2.45 bits per heavy atom. The number of nitrogen functional groups attached to an aromatic ring is 1. The molecule has 1 aromatic rings. The molecule has 1 saturated heterocycles. The number of hydrogen-bond donors (Lipinski definition) is 1. The van der Waals surface area contributed by atoms with Gasteiger partial charge >= 0.3 is 0 Å². The number of nitrogens with two attached hydrogens (primary N) is 1. The number of ether oxygens (including phenoxy) is 1. The molecule has 0 amide bonds. The van der Waals surface area contributed by atoms with E-state index < -0.39 is 10.0 Å². The normalized spacial score (nSPS) is 24.8. The van der Waals surface area contributed by atoms with Gasteiger partial charge in [0.1, 0.15) is 0 Å². The molecule has 8 heteroatoms. The zero-order chi connectivity index (χ0) is 15.1. The highest BCUT2D eigenvalue weighted by Gasteiger charge is 2.33. The first-order valence-corrected chi connectivity index (χ1v) is 8.73. The van der Waals surface area contributed by atoms with Gasteiger partial charge in [0.25, 0.3) is 0 Å². The van der Waals surface area contributed by atoms with Crippen LogP contribution in [0.2, 0.25) is 5.02 Å². The van der Waals surface area contributed by atoms with Gasteiger partial charge in [-0.15, -0.1) is 0 Å². The largest absolute Gasteiger partial charge is 0.398 e. The number of anilines is 1. The van der Waals surface area contributed by atoms with E-state index >= 15 is 0 Å². The molecule has 1 aromatic carbocycles. The molecule has 1 aliphatic heterocycles. The van der Waals surface area contributed by atoms with Crippen LogP contribution in [0.1, 0.15) is 13.8 Å². The lowest BCUT2D eigenvalue weighted by Gasteiger charge is -2.34. The van der Waals surface area contributed by atoms with E-state index in [-0.39, 0.29) is 17.1 Å². The first-order valence-electron chi connectivity index (χ1n) is 6.12. The first-order chi connectivity index (χ1) is 9.21. The van der Waals surface area contributed by atoms with E-state index in [1.165, 1.54) is 16.4 Å². The van der Waals surface area contributed by atoms with E-state index in [9.17, 15) is 8.42 Å². The third kappa shape index (κ3) is 3.12. The standard InChI is InChI=1S/C12H16BrClN2O3S/c1-7-5-16(6-8(2)19-7)20(17,18)11-4-9(14)3-10(15)12(11)13/h3-4,7-8H,5-6,15H2,1-2H3. The molecule has 112 valence electrons. The van der Waals surface area contributed by atoms with Crippen molar-refractivity contribution in [3.63, 3.8) is 0 Å². The number of hydrogen-bond acceptors (Lipinski definition) is 4. The lowest BCUT2D eigenvalue weighted by Crippen LogP contribution is -2.48. The average molecular weight is 384 g/mol. The molecule has 0 bridgehead atoms. The van der Waals surface area contributed by atoms with Crippen LogP contribution < -0.4 is 5.73 Å². The summed E-state index contributed by atoms with van der Waals surface area (Å²) in [4.78, 5) is 0.0869. The number of benzene rings is 1. The van der Waals surface area contributed by atoms with Crippen molar-refractivity contribution in [1.29, 1.82) is 0 Å². The summed E-state index contributed by atoms with van der Waals surface area (Å²) in [5.74, 6) is 0. The van der Waals surface area contributed by atoms with Gasteiger partial charge in [-0.05, 0) is 41.9 Å². The molecule has 1 fully saturated rings. The van der Waals surface area contributed by atoms with Gasteiger partial charge in [-0.3, -0.25) is 0 Å². The molecule has 5 nitrogen and oxygen atoms in total. The Hall–Kier alpha value is -0.340. The fourth-order valence-corrected chi connectivity index (χ4v) is 5.08. The summed E-state index contributed by atoms with van der Waals surface area (Å²) in [7, 11) is -3.66. The van der Waals surface area contributed by atoms with Crippen molar-refractivity contribution in [2.75, 3.05) is 18.8 Å². The minimum atomic E-state index is -3.66. The molecule has 20 heavy (non-hydrogen) atoms. The number of sulfonamides is 1. The molecule has 2 unspecified atom stereocenters. The monoisotopic (exact) mass is 382 g/mol. The third-order valence-electron chi connectivity index (χ3n) is 3.04. The van der Waals surface area contributed by atoms with Crippen LogP contribution in [0.4, 0.5) is 5.69 Å². The maximum atomic E-state index is 12.7. The summed E-state index contributed by atoms with van der Waals surface area (Å²) in [6.07, 6.45) is -0.298. The minimum absolute atomic E-state index is 0.0869. The average Bonchev–Trinajstić information content (AvgIpc) is 2.32. The molecule has 2 atom stereocenters. The maximum Gasteiger partial charge on any atom is 0.244 e. The Bertz CT molecular complexity index is 613. The van der Waals surface area contributed by atoms with Crippen LogP contribution in [0.3, 0.4) is 0 Å². The van der Waals surface area contributed by atoms with Gasteiger partial charge in [0, 0.05) is 23.8 Å². The van der Waals surface area contributed by atoms with Crippen molar-refractivity contribution in [3.05, 3.63) is 21.6 Å². The molecular weight excluding hydrogens is 368 g/mol. The van der Waals surface area contributed by atoms with Crippen LogP contribution in [-0.2, 0) is 14.8 Å². The van der Waals surface area contributed by atoms with E-state index in [1.807, 2.05) is 13.8 Å². The van der Waals surface area contributed by atoms with E-state index in [4.69, 9.17) is 22.1 Å². The second-order valence-electron chi connectivity index (χ2n) is 4.89. The highest BCUT2D eigenvalue weighted by atomic mass is 79.9. The molecule has 0 saturated carbocycles. The molecular formula is C12H16BrClN2O3S. The zero-order valence-electron chi connectivity index (χ0n) is 11.1. The Morgan fingerprint density at radius 1 is 1.35 bits per heavy atom. The van der Waals surface area contributed by atoms with Gasteiger partial charge in [0.15, 0.2) is 0 Å². The number of halogens is 2. The Morgan fingerprint density at radius 2 is 1.90 bits per heavy atom. The van der Waals surface area contributed by atoms with Gasteiger partial charge in [-0.2, -0.15) is 4.31 Å². The smallest absolute Gasteiger partial charge is 0.244 e. The number of rotatable bonds is 2. The summed E-state index contributed by atoms with van der Waals surface area (Å²) in [6.45, 7) is 4.32. The molecule has 0 spiro atoms. The second-order valence-corrected chi connectivity index (χ2v) is 8.02. The lowest BCUT2D eigenvalue weighted by molar-refractivity contribution is -0.0440. The van der Waals surface area contributed by atoms with Gasteiger partial charge in [0.2, 0.25) is 10.0 Å². The highest BCUT2D eigenvalue weighted by Crippen LogP contribution is 2.34. The van der Waals surface area contributed by atoms with Crippen molar-refractivity contribution < 1.29 is 13.2 Å². The van der Waals surface area contributed by atoms with Gasteiger partial charge in [-0.1, -0.05) is 11.6 Å². The molecule has 1 heterocycles. The fourth-order valence-electron chi connectivity index (χ4n) is 2.24. The summed E-state index contributed by atoms with van der Waals surface area (Å²) < 4.78 is 32.8. The van der Waals surface area contributed by atoms with Crippen molar-refractivity contribution in [2.45, 2.75) is 31.0 Å². The Kier molecular flexibility index (Phi) is 4.66. The fraction of sp³-hybridized carbons (Fsp3) is 0.500. The quantitative estimate of drug-likeness (QED) is 0.796. The van der Waals surface area contributed by atoms with Gasteiger partial charge in [-0.25, -0.2) is 8.42 Å². The summed E-state index contributed by atoms with van der Waals surface area (Å²) in [6, 6.07) is 2.91. The van der Waals surface area contributed by atoms with Crippen molar-refractivity contribution >= 4 is 43.2 Å². The van der Waals surface area contributed by atoms with Crippen LogP contribution in [0.5, 0.6) is 0 Å². The van der Waals surface area contributed by atoms with Crippen LogP contribution in [0.15, 0.2) is 21.5 Å². The summed E-state index contributed by atoms with van der Waals surface area (Å²) >= 11 is 9.14. The summed E-state index contributed by atoms with van der Waals surface area (Å²) in [5.41, 5.74) is 6.06. The first kappa shape index (κ1) is 16.0.